The van der Waals surface area contributed by atoms with Crippen molar-refractivity contribution in [1.29, 1.82) is 5.26 Å². The lowest BCUT2D eigenvalue weighted by molar-refractivity contribution is 0.898. The zero-order chi connectivity index (χ0) is 11.3. The van der Waals surface area contributed by atoms with Gasteiger partial charge in [0.2, 0.25) is 0 Å². The molecule has 1 aliphatic rings. The van der Waals surface area contributed by atoms with Gasteiger partial charge < -0.3 is 0 Å². The Labute approximate surface area is 93.6 Å². The van der Waals surface area contributed by atoms with Crippen molar-refractivity contribution in [2.24, 2.45) is 0 Å². The molecule has 0 bridgehead atoms. The minimum Gasteiger partial charge on any atom is -0.283 e. The van der Waals surface area contributed by atoms with Gasteiger partial charge in [-0.05, 0) is 26.7 Å². The highest BCUT2D eigenvalue weighted by Crippen LogP contribution is 2.41. The van der Waals surface area contributed by atoms with E-state index in [9.17, 15) is 0 Å². The fourth-order valence-corrected chi connectivity index (χ4v) is 2.26. The Kier molecular flexibility index (Phi) is 1.78. The van der Waals surface area contributed by atoms with Gasteiger partial charge in [-0.3, -0.25) is 4.40 Å². The molecule has 4 heteroatoms. The van der Waals surface area contributed by atoms with Crippen molar-refractivity contribution in [1.82, 2.24) is 14.4 Å². The molecule has 4 nitrogen and oxygen atoms in total. The van der Waals surface area contributed by atoms with Crippen LogP contribution in [0.2, 0.25) is 0 Å². The number of imidazole rings is 1. The Morgan fingerprint density at radius 2 is 2.19 bits per heavy atom. The van der Waals surface area contributed by atoms with E-state index in [1.54, 1.807) is 6.20 Å². The van der Waals surface area contributed by atoms with Gasteiger partial charge in [-0.2, -0.15) is 5.26 Å². The minimum absolute atomic E-state index is 0.521. The Hall–Kier alpha value is -1.89. The van der Waals surface area contributed by atoms with E-state index in [4.69, 9.17) is 5.26 Å². The quantitative estimate of drug-likeness (QED) is 0.727. The molecular formula is C12H12N4. The Bertz CT molecular complexity index is 614. The minimum atomic E-state index is 0.521. The SMILES string of the molecule is Cc1nc(C)n2c(C3CC3)c(C#N)cnc12. The van der Waals surface area contributed by atoms with Crippen molar-refractivity contribution in [2.75, 3.05) is 0 Å². The molecule has 0 amide bonds. The third kappa shape index (κ3) is 1.15. The Morgan fingerprint density at radius 1 is 1.44 bits per heavy atom. The van der Waals surface area contributed by atoms with Crippen molar-refractivity contribution in [3.63, 3.8) is 0 Å². The smallest absolute Gasteiger partial charge is 0.159 e. The predicted octanol–water partition coefficient (Wildman–Crippen LogP) is 2.10. The molecule has 2 aromatic heterocycles. The van der Waals surface area contributed by atoms with E-state index in [0.29, 0.717) is 11.5 Å². The summed E-state index contributed by atoms with van der Waals surface area (Å²) in [5.41, 5.74) is 3.61. The lowest BCUT2D eigenvalue weighted by atomic mass is 10.1. The fourth-order valence-electron chi connectivity index (χ4n) is 2.26. The number of nitrogens with zero attached hydrogens (tertiary/aromatic N) is 4. The van der Waals surface area contributed by atoms with Crippen LogP contribution in [0.1, 0.15) is 41.5 Å². The van der Waals surface area contributed by atoms with Gasteiger partial charge in [-0.1, -0.05) is 0 Å². The molecule has 0 radical (unpaired) electrons. The highest BCUT2D eigenvalue weighted by Gasteiger charge is 2.30. The zero-order valence-electron chi connectivity index (χ0n) is 9.36. The standard InChI is InChI=1S/C12H12N4/c1-7-12-14-6-10(5-13)11(9-3-4-9)16(12)8(2)15-7/h6,9H,3-4H2,1-2H3. The summed E-state index contributed by atoms with van der Waals surface area (Å²) in [7, 11) is 0. The Morgan fingerprint density at radius 3 is 2.81 bits per heavy atom. The average Bonchev–Trinajstić information content (AvgIpc) is 3.06. The molecule has 0 N–H and O–H groups in total. The van der Waals surface area contributed by atoms with E-state index in [2.05, 4.69) is 16.0 Å². The van der Waals surface area contributed by atoms with Crippen LogP contribution in [0.15, 0.2) is 6.20 Å². The highest BCUT2D eigenvalue weighted by molar-refractivity contribution is 5.51. The second-order valence-corrected chi connectivity index (χ2v) is 4.35. The number of nitriles is 1. The van der Waals surface area contributed by atoms with Crippen LogP contribution in [-0.4, -0.2) is 14.4 Å². The highest BCUT2D eigenvalue weighted by atomic mass is 15.1. The van der Waals surface area contributed by atoms with Gasteiger partial charge in [0.15, 0.2) is 5.65 Å². The number of aromatic nitrogens is 3. The second-order valence-electron chi connectivity index (χ2n) is 4.35. The fraction of sp³-hybridized carbons (Fsp3) is 0.417. The van der Waals surface area contributed by atoms with Crippen LogP contribution in [0.3, 0.4) is 0 Å². The molecule has 16 heavy (non-hydrogen) atoms. The van der Waals surface area contributed by atoms with E-state index in [1.807, 2.05) is 18.2 Å². The number of hydrogen-bond acceptors (Lipinski definition) is 3. The molecule has 1 fully saturated rings. The van der Waals surface area contributed by atoms with Crippen LogP contribution in [0, 0.1) is 25.2 Å². The molecule has 1 saturated carbocycles. The molecule has 0 unspecified atom stereocenters. The van der Waals surface area contributed by atoms with Crippen LogP contribution in [0.25, 0.3) is 5.65 Å². The zero-order valence-corrected chi connectivity index (χ0v) is 9.36. The second kappa shape index (κ2) is 3.05. The van der Waals surface area contributed by atoms with E-state index < -0.39 is 0 Å². The van der Waals surface area contributed by atoms with Crippen molar-refractivity contribution < 1.29 is 0 Å². The number of aryl methyl sites for hydroxylation is 2. The van der Waals surface area contributed by atoms with E-state index in [1.165, 1.54) is 12.8 Å². The maximum Gasteiger partial charge on any atom is 0.159 e. The van der Waals surface area contributed by atoms with Crippen LogP contribution in [-0.2, 0) is 0 Å². The summed E-state index contributed by atoms with van der Waals surface area (Å²) in [5, 5.41) is 9.13. The lowest BCUT2D eigenvalue weighted by Gasteiger charge is -2.07. The van der Waals surface area contributed by atoms with Crippen molar-refractivity contribution in [3.8, 4) is 6.07 Å². The topological polar surface area (TPSA) is 54.0 Å². The molecule has 0 saturated heterocycles. The summed E-state index contributed by atoms with van der Waals surface area (Å²) in [4.78, 5) is 8.75. The summed E-state index contributed by atoms with van der Waals surface area (Å²) in [5.74, 6) is 1.45. The molecule has 2 heterocycles. The van der Waals surface area contributed by atoms with Crippen LogP contribution >= 0.6 is 0 Å². The van der Waals surface area contributed by atoms with Crippen LogP contribution in [0.5, 0.6) is 0 Å². The van der Waals surface area contributed by atoms with Gasteiger partial charge in [-0.25, -0.2) is 9.97 Å². The van der Waals surface area contributed by atoms with E-state index >= 15 is 0 Å². The average molecular weight is 212 g/mol. The summed E-state index contributed by atoms with van der Waals surface area (Å²) >= 11 is 0. The Balaban J connectivity index is 2.44. The summed E-state index contributed by atoms with van der Waals surface area (Å²) in [6.45, 7) is 3.92. The molecular weight excluding hydrogens is 200 g/mol. The van der Waals surface area contributed by atoms with Gasteiger partial charge in [0.25, 0.3) is 0 Å². The van der Waals surface area contributed by atoms with Crippen LogP contribution < -0.4 is 0 Å². The monoisotopic (exact) mass is 212 g/mol. The summed E-state index contributed by atoms with van der Waals surface area (Å²) in [6, 6.07) is 2.23. The molecule has 1 aliphatic carbocycles. The first kappa shape index (κ1) is 9.34. The largest absolute Gasteiger partial charge is 0.283 e. The summed E-state index contributed by atoms with van der Waals surface area (Å²) in [6.07, 6.45) is 4.02. The summed E-state index contributed by atoms with van der Waals surface area (Å²) < 4.78 is 2.05. The molecule has 0 aliphatic heterocycles. The third-order valence-electron chi connectivity index (χ3n) is 3.11. The first-order valence-electron chi connectivity index (χ1n) is 5.47. The van der Waals surface area contributed by atoms with Gasteiger partial charge >= 0.3 is 0 Å². The molecule has 0 atom stereocenters. The molecule has 3 rings (SSSR count). The number of fused-ring (bicyclic) bond motifs is 1. The van der Waals surface area contributed by atoms with Gasteiger partial charge in [0, 0.05) is 17.8 Å². The first-order valence-corrected chi connectivity index (χ1v) is 5.47. The maximum atomic E-state index is 9.13. The molecule has 0 spiro atoms. The normalized spacial score (nSPS) is 15.3. The third-order valence-corrected chi connectivity index (χ3v) is 3.11. The maximum absolute atomic E-state index is 9.13. The van der Waals surface area contributed by atoms with Crippen LogP contribution in [0.4, 0.5) is 0 Å². The van der Waals surface area contributed by atoms with Crippen molar-refractivity contribution in [3.05, 3.63) is 29.0 Å². The van der Waals surface area contributed by atoms with Gasteiger partial charge in [0.05, 0.1) is 11.3 Å². The molecule has 2 aromatic rings. The lowest BCUT2D eigenvalue weighted by Crippen LogP contribution is -2.02. The van der Waals surface area contributed by atoms with Gasteiger partial charge in [0.1, 0.15) is 11.9 Å². The number of rotatable bonds is 1. The first-order chi connectivity index (χ1) is 7.72. The molecule has 0 aromatic carbocycles. The van der Waals surface area contributed by atoms with Gasteiger partial charge in [-0.15, -0.1) is 0 Å². The van der Waals surface area contributed by atoms with Crippen molar-refractivity contribution in [2.45, 2.75) is 32.6 Å². The van der Waals surface area contributed by atoms with Crippen molar-refractivity contribution >= 4 is 5.65 Å². The molecule has 80 valence electrons. The van der Waals surface area contributed by atoms with E-state index in [-0.39, 0.29) is 0 Å². The number of hydrogen-bond donors (Lipinski definition) is 0. The predicted molar refractivity (Wildman–Crippen MR) is 59.2 cm³/mol. The van der Waals surface area contributed by atoms with E-state index in [0.717, 1.165) is 22.9 Å².